The molecule has 0 aliphatic rings. The zero-order valence-corrected chi connectivity index (χ0v) is 7.01. The molecule has 0 saturated carbocycles. The molecule has 1 N–H and O–H groups in total. The SMILES string of the molecule is C=CC(CC)C(O)CCC. The van der Waals surface area contributed by atoms with E-state index in [4.69, 9.17) is 0 Å². The minimum Gasteiger partial charge on any atom is -0.393 e. The van der Waals surface area contributed by atoms with E-state index in [1.165, 1.54) is 0 Å². The van der Waals surface area contributed by atoms with Crippen LogP contribution in [0.2, 0.25) is 0 Å². The van der Waals surface area contributed by atoms with Gasteiger partial charge in [0.25, 0.3) is 0 Å². The van der Waals surface area contributed by atoms with Crippen LogP contribution < -0.4 is 0 Å². The van der Waals surface area contributed by atoms with Crippen molar-refractivity contribution in [2.75, 3.05) is 0 Å². The molecule has 10 heavy (non-hydrogen) atoms. The van der Waals surface area contributed by atoms with Crippen molar-refractivity contribution in [2.24, 2.45) is 5.92 Å². The third-order valence-electron chi connectivity index (χ3n) is 1.85. The van der Waals surface area contributed by atoms with Gasteiger partial charge in [-0.25, -0.2) is 0 Å². The molecule has 0 saturated heterocycles. The Morgan fingerprint density at radius 3 is 2.40 bits per heavy atom. The Kier molecular flexibility index (Phi) is 5.32. The van der Waals surface area contributed by atoms with E-state index in [-0.39, 0.29) is 6.10 Å². The predicted molar refractivity (Wildman–Crippen MR) is 44.9 cm³/mol. The van der Waals surface area contributed by atoms with Gasteiger partial charge in [0.05, 0.1) is 6.10 Å². The molecular formula is C9H18O. The highest BCUT2D eigenvalue weighted by molar-refractivity contribution is 4.83. The fourth-order valence-corrected chi connectivity index (χ4v) is 1.11. The Bertz CT molecular complexity index is 88.7. The van der Waals surface area contributed by atoms with Crippen LogP contribution in [-0.4, -0.2) is 11.2 Å². The van der Waals surface area contributed by atoms with Gasteiger partial charge in [-0.3, -0.25) is 0 Å². The molecule has 0 aliphatic heterocycles. The molecule has 2 atom stereocenters. The molecule has 1 heteroatoms. The number of hydrogen-bond donors (Lipinski definition) is 1. The summed E-state index contributed by atoms with van der Waals surface area (Å²) in [6.07, 6.45) is 4.61. The van der Waals surface area contributed by atoms with Crippen molar-refractivity contribution in [1.82, 2.24) is 0 Å². The second-order valence-electron chi connectivity index (χ2n) is 2.66. The molecule has 0 heterocycles. The van der Waals surface area contributed by atoms with E-state index in [9.17, 15) is 5.11 Å². The van der Waals surface area contributed by atoms with Gasteiger partial charge in [0, 0.05) is 5.92 Å². The molecule has 0 radical (unpaired) electrons. The summed E-state index contributed by atoms with van der Waals surface area (Å²) >= 11 is 0. The second-order valence-corrected chi connectivity index (χ2v) is 2.66. The fraction of sp³-hybridized carbons (Fsp3) is 0.778. The van der Waals surface area contributed by atoms with Crippen molar-refractivity contribution in [3.8, 4) is 0 Å². The molecule has 2 unspecified atom stereocenters. The lowest BCUT2D eigenvalue weighted by molar-refractivity contribution is 0.118. The van der Waals surface area contributed by atoms with Crippen molar-refractivity contribution >= 4 is 0 Å². The zero-order valence-electron chi connectivity index (χ0n) is 7.01. The van der Waals surface area contributed by atoms with Crippen molar-refractivity contribution in [3.63, 3.8) is 0 Å². The standard InChI is InChI=1S/C9H18O/c1-4-7-9(10)8(5-2)6-3/h5,8-10H,2,4,6-7H2,1,3H3. The topological polar surface area (TPSA) is 20.2 Å². The first kappa shape index (κ1) is 9.70. The minimum atomic E-state index is -0.174. The van der Waals surface area contributed by atoms with Crippen LogP contribution in [0.15, 0.2) is 12.7 Å². The molecule has 0 fully saturated rings. The van der Waals surface area contributed by atoms with E-state index in [1.54, 1.807) is 0 Å². The van der Waals surface area contributed by atoms with Crippen molar-refractivity contribution in [3.05, 3.63) is 12.7 Å². The van der Waals surface area contributed by atoms with Gasteiger partial charge in [0.15, 0.2) is 0 Å². The third-order valence-corrected chi connectivity index (χ3v) is 1.85. The first-order chi connectivity index (χ1) is 4.76. The highest BCUT2D eigenvalue weighted by Gasteiger charge is 2.11. The van der Waals surface area contributed by atoms with Gasteiger partial charge in [-0.05, 0) is 12.8 Å². The van der Waals surface area contributed by atoms with Gasteiger partial charge in [-0.2, -0.15) is 0 Å². The van der Waals surface area contributed by atoms with E-state index >= 15 is 0 Å². The molecule has 0 aromatic carbocycles. The van der Waals surface area contributed by atoms with Gasteiger partial charge >= 0.3 is 0 Å². The molecule has 0 aromatic heterocycles. The van der Waals surface area contributed by atoms with Crippen LogP contribution in [0.1, 0.15) is 33.1 Å². The minimum absolute atomic E-state index is 0.174. The quantitative estimate of drug-likeness (QED) is 0.584. The van der Waals surface area contributed by atoms with E-state index in [2.05, 4.69) is 20.4 Å². The summed E-state index contributed by atoms with van der Waals surface area (Å²) in [5.41, 5.74) is 0. The first-order valence-electron chi connectivity index (χ1n) is 4.06. The predicted octanol–water partition coefficient (Wildman–Crippen LogP) is 2.36. The monoisotopic (exact) mass is 142 g/mol. The smallest absolute Gasteiger partial charge is 0.0602 e. The highest BCUT2D eigenvalue weighted by Crippen LogP contribution is 2.13. The van der Waals surface area contributed by atoms with E-state index in [0.717, 1.165) is 19.3 Å². The van der Waals surface area contributed by atoms with E-state index in [0.29, 0.717) is 5.92 Å². The molecular weight excluding hydrogens is 124 g/mol. The largest absolute Gasteiger partial charge is 0.393 e. The third kappa shape index (κ3) is 3.02. The first-order valence-corrected chi connectivity index (χ1v) is 4.06. The Hall–Kier alpha value is -0.300. The summed E-state index contributed by atoms with van der Waals surface area (Å²) in [5.74, 6) is 0.292. The Morgan fingerprint density at radius 1 is 1.50 bits per heavy atom. The average molecular weight is 142 g/mol. The van der Waals surface area contributed by atoms with Crippen LogP contribution in [0.5, 0.6) is 0 Å². The van der Waals surface area contributed by atoms with Gasteiger partial charge in [-0.15, -0.1) is 6.58 Å². The summed E-state index contributed by atoms with van der Waals surface area (Å²) in [4.78, 5) is 0. The number of aliphatic hydroxyl groups excluding tert-OH is 1. The van der Waals surface area contributed by atoms with Gasteiger partial charge in [0.2, 0.25) is 0 Å². The Balaban J connectivity index is 3.63. The molecule has 0 spiro atoms. The maximum Gasteiger partial charge on any atom is 0.0602 e. The van der Waals surface area contributed by atoms with Crippen LogP contribution in [0, 0.1) is 5.92 Å². The maximum absolute atomic E-state index is 9.44. The van der Waals surface area contributed by atoms with E-state index in [1.807, 2.05) is 6.08 Å². The second kappa shape index (κ2) is 5.48. The summed E-state index contributed by atoms with van der Waals surface area (Å²) in [7, 11) is 0. The number of rotatable bonds is 5. The number of hydrogen-bond acceptors (Lipinski definition) is 1. The van der Waals surface area contributed by atoms with Gasteiger partial charge in [0.1, 0.15) is 0 Å². The fourth-order valence-electron chi connectivity index (χ4n) is 1.11. The molecule has 0 amide bonds. The summed E-state index contributed by atoms with van der Waals surface area (Å²) in [5, 5.41) is 9.44. The summed E-state index contributed by atoms with van der Waals surface area (Å²) in [6, 6.07) is 0. The zero-order chi connectivity index (χ0) is 7.98. The molecule has 0 rings (SSSR count). The Morgan fingerprint density at radius 2 is 2.10 bits per heavy atom. The van der Waals surface area contributed by atoms with Crippen LogP contribution in [0.25, 0.3) is 0 Å². The highest BCUT2D eigenvalue weighted by atomic mass is 16.3. The number of aliphatic hydroxyl groups is 1. The van der Waals surface area contributed by atoms with Gasteiger partial charge < -0.3 is 5.11 Å². The normalized spacial score (nSPS) is 16.3. The molecule has 60 valence electrons. The summed E-state index contributed by atoms with van der Waals surface area (Å²) < 4.78 is 0. The maximum atomic E-state index is 9.44. The Labute approximate surface area is 63.8 Å². The lowest BCUT2D eigenvalue weighted by Crippen LogP contribution is -2.16. The molecule has 1 nitrogen and oxygen atoms in total. The van der Waals surface area contributed by atoms with Crippen molar-refractivity contribution < 1.29 is 5.11 Å². The lowest BCUT2D eigenvalue weighted by atomic mass is 9.96. The molecule has 0 bridgehead atoms. The summed E-state index contributed by atoms with van der Waals surface area (Å²) in [6.45, 7) is 7.83. The van der Waals surface area contributed by atoms with Crippen molar-refractivity contribution in [2.45, 2.75) is 39.2 Å². The van der Waals surface area contributed by atoms with Gasteiger partial charge in [-0.1, -0.05) is 26.3 Å². The molecule has 0 aromatic rings. The van der Waals surface area contributed by atoms with Crippen LogP contribution in [0.4, 0.5) is 0 Å². The van der Waals surface area contributed by atoms with Crippen LogP contribution in [0.3, 0.4) is 0 Å². The molecule has 0 aliphatic carbocycles. The van der Waals surface area contributed by atoms with Crippen LogP contribution >= 0.6 is 0 Å². The van der Waals surface area contributed by atoms with Crippen molar-refractivity contribution in [1.29, 1.82) is 0 Å². The van der Waals surface area contributed by atoms with Crippen LogP contribution in [-0.2, 0) is 0 Å². The van der Waals surface area contributed by atoms with E-state index < -0.39 is 0 Å². The average Bonchev–Trinajstić information content (AvgIpc) is 1.91. The lowest BCUT2D eigenvalue weighted by Gasteiger charge is -2.16.